The molecule has 0 aliphatic heterocycles. The number of carbonyl (C=O) groups excluding carboxylic acids is 2. The van der Waals surface area contributed by atoms with Gasteiger partial charge in [-0.25, -0.2) is 0 Å². The van der Waals surface area contributed by atoms with E-state index in [1.54, 1.807) is 36.4 Å². The number of nitrogens with one attached hydrogen (secondary N) is 2. The molecule has 2 aromatic carbocycles. The van der Waals surface area contributed by atoms with Crippen molar-refractivity contribution in [1.82, 2.24) is 10.6 Å². The molecule has 0 fully saturated rings. The molecule has 0 spiro atoms. The molecule has 2 aromatic rings. The lowest BCUT2D eigenvalue weighted by Crippen LogP contribution is -2.50. The smallest absolute Gasteiger partial charge is 0.251 e. The van der Waals surface area contributed by atoms with Gasteiger partial charge in [0.2, 0.25) is 5.91 Å². The normalized spacial score (nSPS) is 14.0. The van der Waals surface area contributed by atoms with Crippen molar-refractivity contribution in [2.45, 2.75) is 31.2 Å². The van der Waals surface area contributed by atoms with Gasteiger partial charge in [0.25, 0.3) is 5.91 Å². The summed E-state index contributed by atoms with van der Waals surface area (Å²) in [5, 5.41) is 5.64. The summed E-state index contributed by atoms with van der Waals surface area (Å²) in [6.07, 6.45) is 0.753. The van der Waals surface area contributed by atoms with E-state index in [9.17, 15) is 13.8 Å². The van der Waals surface area contributed by atoms with Crippen LogP contribution in [-0.2, 0) is 15.6 Å². The zero-order valence-corrected chi connectivity index (χ0v) is 16.5. The Morgan fingerprint density at radius 1 is 1.00 bits per heavy atom. The quantitative estimate of drug-likeness (QED) is 0.696. The Morgan fingerprint density at radius 2 is 1.59 bits per heavy atom. The maximum absolute atomic E-state index is 12.6. The van der Waals surface area contributed by atoms with Crippen LogP contribution in [0.15, 0.2) is 65.6 Å². The Hall–Kier alpha value is -2.47. The zero-order valence-electron chi connectivity index (χ0n) is 15.7. The monoisotopic (exact) mass is 386 g/mol. The second kappa shape index (κ2) is 10.6. The molecule has 0 aliphatic rings. The third kappa shape index (κ3) is 6.32. The van der Waals surface area contributed by atoms with Crippen molar-refractivity contribution in [3.63, 3.8) is 0 Å². The molecule has 0 saturated carbocycles. The topological polar surface area (TPSA) is 75.3 Å². The Balaban J connectivity index is 1.92. The lowest BCUT2D eigenvalue weighted by molar-refractivity contribution is -0.124. The molecular formula is C21H26N2O3S. The van der Waals surface area contributed by atoms with Gasteiger partial charge in [0.05, 0.1) is 10.8 Å². The molecule has 0 heterocycles. The predicted molar refractivity (Wildman–Crippen MR) is 108 cm³/mol. The maximum atomic E-state index is 12.6. The van der Waals surface area contributed by atoms with Gasteiger partial charge in [-0.3, -0.25) is 13.8 Å². The van der Waals surface area contributed by atoms with Crippen molar-refractivity contribution in [2.24, 2.45) is 5.92 Å². The first-order valence-electron chi connectivity index (χ1n) is 9.10. The van der Waals surface area contributed by atoms with Gasteiger partial charge >= 0.3 is 0 Å². The van der Waals surface area contributed by atoms with Crippen LogP contribution in [-0.4, -0.2) is 34.4 Å². The van der Waals surface area contributed by atoms with Crippen LogP contribution in [0.25, 0.3) is 0 Å². The fraction of sp³-hybridized carbons (Fsp3) is 0.333. The molecule has 2 N–H and O–H groups in total. The van der Waals surface area contributed by atoms with E-state index < -0.39 is 16.8 Å². The van der Waals surface area contributed by atoms with Crippen molar-refractivity contribution in [3.05, 3.63) is 66.2 Å². The summed E-state index contributed by atoms with van der Waals surface area (Å²) < 4.78 is 12.2. The minimum absolute atomic E-state index is 0.0164. The van der Waals surface area contributed by atoms with E-state index in [4.69, 9.17) is 0 Å². The first kappa shape index (κ1) is 20.8. The Kier molecular flexibility index (Phi) is 8.20. The minimum atomic E-state index is -1.17. The number of amides is 2. The molecule has 2 rings (SSSR count). The molecule has 0 aromatic heterocycles. The van der Waals surface area contributed by atoms with Gasteiger partial charge in [-0.05, 0) is 30.2 Å². The molecule has 0 aliphatic carbocycles. The van der Waals surface area contributed by atoms with Crippen LogP contribution in [0.1, 0.15) is 30.6 Å². The van der Waals surface area contributed by atoms with Crippen molar-refractivity contribution in [1.29, 1.82) is 0 Å². The number of rotatable bonds is 9. The van der Waals surface area contributed by atoms with E-state index in [0.29, 0.717) is 11.3 Å². The average Bonchev–Trinajstić information content (AvgIpc) is 2.72. The highest BCUT2D eigenvalue weighted by Gasteiger charge is 2.26. The SMILES string of the molecule is CCC(C)C(NC(=O)c1ccccc1)C(=O)NCCS(=O)c1ccccc1. The van der Waals surface area contributed by atoms with E-state index in [1.165, 1.54) is 0 Å². The largest absolute Gasteiger partial charge is 0.353 e. The van der Waals surface area contributed by atoms with Gasteiger partial charge in [-0.15, -0.1) is 0 Å². The molecular weight excluding hydrogens is 360 g/mol. The lowest BCUT2D eigenvalue weighted by Gasteiger charge is -2.23. The first-order valence-corrected chi connectivity index (χ1v) is 10.4. The van der Waals surface area contributed by atoms with Crippen molar-refractivity contribution >= 4 is 22.6 Å². The number of hydrogen-bond acceptors (Lipinski definition) is 3. The van der Waals surface area contributed by atoms with E-state index in [-0.39, 0.29) is 24.3 Å². The van der Waals surface area contributed by atoms with Gasteiger partial charge in [-0.1, -0.05) is 56.7 Å². The Morgan fingerprint density at radius 3 is 2.19 bits per heavy atom. The van der Waals surface area contributed by atoms with Crippen molar-refractivity contribution < 1.29 is 13.8 Å². The average molecular weight is 387 g/mol. The zero-order chi connectivity index (χ0) is 19.6. The summed E-state index contributed by atoms with van der Waals surface area (Å²) in [4.78, 5) is 25.7. The van der Waals surface area contributed by atoms with Crippen LogP contribution in [0, 0.1) is 5.92 Å². The number of benzene rings is 2. The molecule has 3 unspecified atom stereocenters. The fourth-order valence-electron chi connectivity index (χ4n) is 2.58. The van der Waals surface area contributed by atoms with Gasteiger partial charge in [0, 0.05) is 22.8 Å². The van der Waals surface area contributed by atoms with Crippen molar-refractivity contribution in [3.8, 4) is 0 Å². The van der Waals surface area contributed by atoms with E-state index in [1.807, 2.05) is 38.1 Å². The molecule has 0 radical (unpaired) electrons. The summed E-state index contributed by atoms with van der Waals surface area (Å²) >= 11 is 0. The van der Waals surface area contributed by atoms with Crippen LogP contribution in [0.4, 0.5) is 0 Å². The van der Waals surface area contributed by atoms with E-state index >= 15 is 0 Å². The molecule has 27 heavy (non-hydrogen) atoms. The van der Waals surface area contributed by atoms with Gasteiger partial charge < -0.3 is 10.6 Å². The highest BCUT2D eigenvalue weighted by Crippen LogP contribution is 2.10. The Labute approximate surface area is 163 Å². The van der Waals surface area contributed by atoms with Crippen LogP contribution < -0.4 is 10.6 Å². The molecule has 5 nitrogen and oxygen atoms in total. The van der Waals surface area contributed by atoms with Crippen LogP contribution in [0.3, 0.4) is 0 Å². The third-order valence-electron chi connectivity index (χ3n) is 4.41. The summed E-state index contributed by atoms with van der Waals surface area (Å²) in [5.74, 6) is -0.213. The summed E-state index contributed by atoms with van der Waals surface area (Å²) in [5.41, 5.74) is 0.517. The molecule has 6 heteroatoms. The highest BCUT2D eigenvalue weighted by atomic mass is 32.2. The third-order valence-corrected chi connectivity index (χ3v) is 5.78. The van der Waals surface area contributed by atoms with Crippen LogP contribution in [0.5, 0.6) is 0 Å². The summed E-state index contributed by atoms with van der Waals surface area (Å²) in [6.45, 7) is 4.19. The maximum Gasteiger partial charge on any atom is 0.251 e. The Bertz CT molecular complexity index is 766. The van der Waals surface area contributed by atoms with Gasteiger partial charge in [-0.2, -0.15) is 0 Å². The second-order valence-electron chi connectivity index (χ2n) is 6.36. The summed E-state index contributed by atoms with van der Waals surface area (Å²) in [7, 11) is -1.17. The number of hydrogen-bond donors (Lipinski definition) is 2. The van der Waals surface area contributed by atoms with E-state index in [2.05, 4.69) is 10.6 Å². The van der Waals surface area contributed by atoms with Crippen LogP contribution in [0.2, 0.25) is 0 Å². The predicted octanol–water partition coefficient (Wildman–Crippen LogP) is 2.76. The van der Waals surface area contributed by atoms with Gasteiger partial charge in [0.1, 0.15) is 6.04 Å². The molecule has 0 saturated heterocycles. The molecule has 2 amide bonds. The van der Waals surface area contributed by atoms with Gasteiger partial charge in [0.15, 0.2) is 0 Å². The fourth-order valence-corrected chi connectivity index (χ4v) is 3.57. The van der Waals surface area contributed by atoms with Crippen LogP contribution >= 0.6 is 0 Å². The molecule has 3 atom stereocenters. The number of carbonyl (C=O) groups is 2. The van der Waals surface area contributed by atoms with Crippen molar-refractivity contribution in [2.75, 3.05) is 12.3 Å². The highest BCUT2D eigenvalue weighted by molar-refractivity contribution is 7.85. The van der Waals surface area contributed by atoms with E-state index in [0.717, 1.165) is 11.3 Å². The summed E-state index contributed by atoms with van der Waals surface area (Å²) in [6, 6.07) is 17.4. The lowest BCUT2D eigenvalue weighted by atomic mass is 9.98. The second-order valence-corrected chi connectivity index (χ2v) is 7.93. The molecule has 144 valence electrons. The standard InChI is InChI=1S/C21H26N2O3S/c1-3-16(2)19(23-20(24)17-10-6-4-7-11-17)21(25)22-14-15-27(26)18-12-8-5-9-13-18/h4-13,16,19H,3,14-15H2,1-2H3,(H,22,25)(H,23,24). The molecule has 0 bridgehead atoms. The minimum Gasteiger partial charge on any atom is -0.353 e. The first-order chi connectivity index (χ1) is 13.0.